The van der Waals surface area contributed by atoms with Crippen molar-refractivity contribution in [3.05, 3.63) is 49.7 Å². The summed E-state index contributed by atoms with van der Waals surface area (Å²) in [6, 6.07) is 5.56. The topological polar surface area (TPSA) is 108 Å². The van der Waals surface area contributed by atoms with Crippen molar-refractivity contribution in [3.8, 4) is 5.75 Å². The summed E-state index contributed by atoms with van der Waals surface area (Å²) >= 11 is 1.34. The molecule has 1 heterocycles. The zero-order chi connectivity index (χ0) is 20.1. The van der Waals surface area contributed by atoms with Gasteiger partial charge in [-0.1, -0.05) is 6.92 Å². The van der Waals surface area contributed by atoms with Crippen LogP contribution >= 0.6 is 11.3 Å². The Bertz CT molecular complexity index is 877. The minimum absolute atomic E-state index is 0.125. The second kappa shape index (κ2) is 8.63. The molecule has 0 unspecified atom stereocenters. The normalized spacial score (nSPS) is 11.6. The number of nitro benzene ring substituents is 1. The number of methoxy groups -OCH3 is 1. The predicted octanol–water partition coefficient (Wildman–Crippen LogP) is 3.72. The number of aryl methyl sites for hydroxylation is 2. The molecule has 0 aliphatic carbocycles. The molecule has 27 heavy (non-hydrogen) atoms. The van der Waals surface area contributed by atoms with E-state index >= 15 is 0 Å². The molecule has 0 saturated carbocycles. The van der Waals surface area contributed by atoms with E-state index < -0.39 is 22.9 Å². The number of benzene rings is 1. The van der Waals surface area contributed by atoms with Gasteiger partial charge in [-0.3, -0.25) is 14.9 Å². The van der Waals surface area contributed by atoms with Crippen LogP contribution in [-0.2, 0) is 16.0 Å². The summed E-state index contributed by atoms with van der Waals surface area (Å²) in [5.74, 6) is -0.948. The van der Waals surface area contributed by atoms with Gasteiger partial charge in [-0.25, -0.2) is 4.79 Å². The number of carbonyl (C=O) groups is 2. The van der Waals surface area contributed by atoms with Gasteiger partial charge in [0.25, 0.3) is 11.6 Å². The summed E-state index contributed by atoms with van der Waals surface area (Å²) in [5, 5.41) is 13.4. The summed E-state index contributed by atoms with van der Waals surface area (Å²) in [5.41, 5.74) is 0.935. The van der Waals surface area contributed by atoms with Crippen molar-refractivity contribution < 1.29 is 24.0 Å². The summed E-state index contributed by atoms with van der Waals surface area (Å²) < 4.78 is 10.3. The number of thiophene rings is 1. The van der Waals surface area contributed by atoms with Crippen LogP contribution in [0.3, 0.4) is 0 Å². The number of anilines is 1. The maximum atomic E-state index is 12.3. The van der Waals surface area contributed by atoms with E-state index in [1.54, 1.807) is 6.07 Å². The van der Waals surface area contributed by atoms with Crippen LogP contribution in [0.2, 0.25) is 0 Å². The van der Waals surface area contributed by atoms with Gasteiger partial charge in [0.05, 0.1) is 17.7 Å². The number of carbonyl (C=O) groups excluding carboxylic acids is 2. The highest BCUT2D eigenvalue weighted by Crippen LogP contribution is 2.29. The zero-order valence-electron chi connectivity index (χ0n) is 15.4. The van der Waals surface area contributed by atoms with Crippen LogP contribution in [0.25, 0.3) is 0 Å². The van der Waals surface area contributed by atoms with Crippen molar-refractivity contribution in [3.63, 3.8) is 0 Å². The van der Waals surface area contributed by atoms with Gasteiger partial charge in [-0.05, 0) is 38.0 Å². The number of amides is 1. The molecule has 0 saturated heterocycles. The number of non-ortho nitro benzene ring substituents is 1. The molecule has 1 atom stereocenters. The maximum absolute atomic E-state index is 12.3. The molecule has 1 aromatic carbocycles. The van der Waals surface area contributed by atoms with E-state index in [1.807, 2.05) is 13.8 Å². The smallest absolute Gasteiger partial charge is 0.349 e. The molecule has 1 aromatic heterocycles. The fraction of sp³-hybridized carbons (Fsp3) is 0.333. The lowest BCUT2D eigenvalue weighted by atomic mass is 10.2. The van der Waals surface area contributed by atoms with Gasteiger partial charge in [0.15, 0.2) is 6.10 Å². The third kappa shape index (κ3) is 4.82. The zero-order valence-corrected chi connectivity index (χ0v) is 16.2. The molecule has 1 amide bonds. The fourth-order valence-electron chi connectivity index (χ4n) is 2.39. The SMILES string of the molecule is CCc1sc(C(=O)O[C@@H](C)C(=O)Nc2cc([N+](=O)[O-])ccc2OC)cc1C. The van der Waals surface area contributed by atoms with E-state index in [9.17, 15) is 19.7 Å². The van der Waals surface area contributed by atoms with Crippen molar-refractivity contribution in [2.45, 2.75) is 33.3 Å². The van der Waals surface area contributed by atoms with Crippen molar-refractivity contribution in [1.82, 2.24) is 0 Å². The van der Waals surface area contributed by atoms with E-state index in [2.05, 4.69) is 5.32 Å². The van der Waals surface area contributed by atoms with E-state index in [0.29, 0.717) is 4.88 Å². The second-order valence-electron chi connectivity index (χ2n) is 5.75. The van der Waals surface area contributed by atoms with Crippen LogP contribution in [0.1, 0.15) is 34.0 Å². The first kappa shape index (κ1) is 20.4. The summed E-state index contributed by atoms with van der Waals surface area (Å²) in [6.45, 7) is 5.34. The average Bonchev–Trinajstić information content (AvgIpc) is 3.02. The fourth-order valence-corrected chi connectivity index (χ4v) is 3.38. The Balaban J connectivity index is 2.10. The summed E-state index contributed by atoms with van der Waals surface area (Å²) in [7, 11) is 1.38. The monoisotopic (exact) mass is 392 g/mol. The lowest BCUT2D eigenvalue weighted by molar-refractivity contribution is -0.384. The Hall–Kier alpha value is -2.94. The van der Waals surface area contributed by atoms with E-state index in [1.165, 1.54) is 43.6 Å². The third-order valence-corrected chi connectivity index (χ3v) is 5.21. The number of hydrogen-bond acceptors (Lipinski definition) is 7. The number of nitrogens with zero attached hydrogens (tertiary/aromatic N) is 1. The molecule has 0 fully saturated rings. The Morgan fingerprint density at radius 3 is 2.59 bits per heavy atom. The number of hydrogen-bond donors (Lipinski definition) is 1. The van der Waals surface area contributed by atoms with Crippen LogP contribution < -0.4 is 10.1 Å². The van der Waals surface area contributed by atoms with Gasteiger partial charge in [0.1, 0.15) is 10.6 Å². The van der Waals surface area contributed by atoms with Gasteiger partial charge in [-0.2, -0.15) is 0 Å². The van der Waals surface area contributed by atoms with Crippen LogP contribution in [0.5, 0.6) is 5.75 Å². The Labute approximate surface area is 160 Å². The van der Waals surface area contributed by atoms with Gasteiger partial charge in [0, 0.05) is 17.0 Å². The maximum Gasteiger partial charge on any atom is 0.349 e. The molecule has 0 bridgehead atoms. The molecule has 8 nitrogen and oxygen atoms in total. The van der Waals surface area contributed by atoms with Crippen LogP contribution in [0.4, 0.5) is 11.4 Å². The lowest BCUT2D eigenvalue weighted by Gasteiger charge is -2.14. The highest BCUT2D eigenvalue weighted by Gasteiger charge is 2.22. The molecule has 144 valence electrons. The summed E-state index contributed by atoms with van der Waals surface area (Å²) in [6.07, 6.45) is -0.277. The van der Waals surface area contributed by atoms with E-state index in [4.69, 9.17) is 9.47 Å². The molecule has 0 aliphatic heterocycles. The lowest BCUT2D eigenvalue weighted by Crippen LogP contribution is -2.30. The second-order valence-corrected chi connectivity index (χ2v) is 6.89. The predicted molar refractivity (Wildman–Crippen MR) is 102 cm³/mol. The molecule has 2 aromatic rings. The number of nitro groups is 1. The first-order valence-corrected chi connectivity index (χ1v) is 9.02. The number of ether oxygens (including phenoxy) is 2. The van der Waals surface area contributed by atoms with Gasteiger partial charge in [0.2, 0.25) is 0 Å². The highest BCUT2D eigenvalue weighted by molar-refractivity contribution is 7.14. The van der Waals surface area contributed by atoms with Crippen LogP contribution in [0.15, 0.2) is 24.3 Å². The number of nitrogens with one attached hydrogen (secondary N) is 1. The van der Waals surface area contributed by atoms with Crippen molar-refractivity contribution >= 4 is 34.6 Å². The van der Waals surface area contributed by atoms with Crippen molar-refractivity contribution in [1.29, 1.82) is 0 Å². The molecule has 0 aliphatic rings. The molecule has 0 radical (unpaired) electrons. The van der Waals surface area contributed by atoms with Crippen molar-refractivity contribution in [2.75, 3.05) is 12.4 Å². The average molecular weight is 392 g/mol. The molecular formula is C18H20N2O6S. The molecular weight excluding hydrogens is 372 g/mol. The van der Waals surface area contributed by atoms with Gasteiger partial charge in [-0.15, -0.1) is 11.3 Å². The minimum atomic E-state index is -1.09. The quantitative estimate of drug-likeness (QED) is 0.437. The molecule has 1 N–H and O–H groups in total. The van der Waals surface area contributed by atoms with Gasteiger partial charge < -0.3 is 14.8 Å². The van der Waals surface area contributed by atoms with Gasteiger partial charge >= 0.3 is 5.97 Å². The summed E-state index contributed by atoms with van der Waals surface area (Å²) in [4.78, 5) is 36.4. The molecule has 0 spiro atoms. The number of esters is 1. The van der Waals surface area contributed by atoms with E-state index in [-0.39, 0.29) is 17.1 Å². The Morgan fingerprint density at radius 1 is 1.33 bits per heavy atom. The van der Waals surface area contributed by atoms with Crippen LogP contribution in [-0.4, -0.2) is 30.0 Å². The Kier molecular flexibility index (Phi) is 6.51. The third-order valence-electron chi connectivity index (χ3n) is 3.85. The first-order valence-electron chi connectivity index (χ1n) is 8.20. The van der Waals surface area contributed by atoms with Crippen LogP contribution in [0, 0.1) is 17.0 Å². The molecule has 9 heteroatoms. The standard InChI is InChI=1S/C18H20N2O6S/c1-5-15-10(2)8-16(27-15)18(22)26-11(3)17(21)19-13-9-12(20(23)24)6-7-14(13)25-4/h6-9,11H,5H2,1-4H3,(H,19,21)/t11-/m0/s1. The first-order chi connectivity index (χ1) is 12.8. The number of rotatable bonds is 7. The highest BCUT2D eigenvalue weighted by atomic mass is 32.1. The van der Waals surface area contributed by atoms with Crippen molar-refractivity contribution in [2.24, 2.45) is 0 Å². The largest absolute Gasteiger partial charge is 0.495 e. The Morgan fingerprint density at radius 2 is 2.04 bits per heavy atom. The van der Waals surface area contributed by atoms with E-state index in [0.717, 1.165) is 16.9 Å². The molecule has 2 rings (SSSR count). The minimum Gasteiger partial charge on any atom is -0.495 e.